The first-order chi connectivity index (χ1) is 5.08. The molecule has 70 valence electrons. The van der Waals surface area contributed by atoms with Gasteiger partial charge in [0.15, 0.2) is 0 Å². The van der Waals surface area contributed by atoms with Crippen molar-refractivity contribution < 1.29 is 8.78 Å². The van der Waals surface area contributed by atoms with Crippen molar-refractivity contribution in [3.8, 4) is 0 Å². The molecule has 4 nitrogen and oxygen atoms in total. The van der Waals surface area contributed by atoms with Gasteiger partial charge in [0, 0.05) is 24.4 Å². The lowest BCUT2D eigenvalue weighted by Crippen LogP contribution is -2.25. The second kappa shape index (κ2) is 3.43. The van der Waals surface area contributed by atoms with Crippen molar-refractivity contribution in [2.75, 3.05) is 13.1 Å². The SMILES string of the molecule is Cl.[N-]=[N+]=NCC1(CN)CC1(F)F. The number of hydrogen-bond acceptors (Lipinski definition) is 2. The van der Waals surface area contributed by atoms with Gasteiger partial charge in [-0.05, 0) is 5.53 Å². The topological polar surface area (TPSA) is 74.8 Å². The lowest BCUT2D eigenvalue weighted by molar-refractivity contribution is 0.0695. The highest BCUT2D eigenvalue weighted by Gasteiger charge is 2.69. The summed E-state index contributed by atoms with van der Waals surface area (Å²) in [5.74, 6) is -2.73. The van der Waals surface area contributed by atoms with Crippen LogP contribution >= 0.6 is 12.4 Å². The number of halogens is 3. The second-order valence-corrected chi connectivity index (χ2v) is 2.75. The first-order valence-electron chi connectivity index (χ1n) is 3.17. The lowest BCUT2D eigenvalue weighted by atomic mass is 10.1. The van der Waals surface area contributed by atoms with Gasteiger partial charge in [-0.1, -0.05) is 5.11 Å². The van der Waals surface area contributed by atoms with Crippen molar-refractivity contribution in [2.45, 2.75) is 12.3 Å². The van der Waals surface area contributed by atoms with Gasteiger partial charge in [-0.2, -0.15) is 0 Å². The van der Waals surface area contributed by atoms with Crippen LogP contribution in [0.25, 0.3) is 10.4 Å². The van der Waals surface area contributed by atoms with E-state index in [9.17, 15) is 8.78 Å². The third-order valence-electron chi connectivity index (χ3n) is 2.04. The van der Waals surface area contributed by atoms with Crippen LogP contribution in [0.4, 0.5) is 8.78 Å². The summed E-state index contributed by atoms with van der Waals surface area (Å²) >= 11 is 0. The predicted octanol–water partition coefficient (Wildman–Crippen LogP) is 1.70. The number of rotatable bonds is 3. The molecule has 0 amide bonds. The Hall–Kier alpha value is -0.580. The molecule has 0 saturated heterocycles. The van der Waals surface area contributed by atoms with Gasteiger partial charge in [-0.25, -0.2) is 8.78 Å². The van der Waals surface area contributed by atoms with Crippen molar-refractivity contribution in [1.29, 1.82) is 0 Å². The normalized spacial score (nSPS) is 29.9. The molecule has 0 heterocycles. The zero-order valence-electron chi connectivity index (χ0n) is 6.20. The van der Waals surface area contributed by atoms with Gasteiger partial charge in [0.25, 0.3) is 5.92 Å². The zero-order valence-corrected chi connectivity index (χ0v) is 7.02. The van der Waals surface area contributed by atoms with Crippen molar-refractivity contribution in [1.82, 2.24) is 0 Å². The summed E-state index contributed by atoms with van der Waals surface area (Å²) in [7, 11) is 0. The van der Waals surface area contributed by atoms with Crippen LogP contribution in [0.2, 0.25) is 0 Å². The first-order valence-corrected chi connectivity index (χ1v) is 3.17. The fourth-order valence-corrected chi connectivity index (χ4v) is 1.01. The van der Waals surface area contributed by atoms with E-state index >= 15 is 0 Å². The van der Waals surface area contributed by atoms with Gasteiger partial charge >= 0.3 is 0 Å². The number of alkyl halides is 2. The van der Waals surface area contributed by atoms with Crippen LogP contribution in [-0.2, 0) is 0 Å². The van der Waals surface area contributed by atoms with E-state index in [0.29, 0.717) is 0 Å². The molecule has 1 saturated carbocycles. The number of hydrogen-bond donors (Lipinski definition) is 1. The van der Waals surface area contributed by atoms with Crippen LogP contribution in [0, 0.1) is 5.41 Å². The maximum absolute atomic E-state index is 12.5. The van der Waals surface area contributed by atoms with Crippen LogP contribution in [-0.4, -0.2) is 19.0 Å². The van der Waals surface area contributed by atoms with Gasteiger partial charge in [0.05, 0.1) is 5.41 Å². The maximum atomic E-state index is 12.5. The Labute approximate surface area is 74.2 Å². The van der Waals surface area contributed by atoms with Crippen LogP contribution in [0.5, 0.6) is 0 Å². The lowest BCUT2D eigenvalue weighted by Gasteiger charge is -2.08. The Morgan fingerprint density at radius 1 is 1.58 bits per heavy atom. The fraction of sp³-hybridized carbons (Fsp3) is 1.00. The van der Waals surface area contributed by atoms with Gasteiger partial charge in [-0.3, -0.25) is 0 Å². The molecule has 1 fully saturated rings. The van der Waals surface area contributed by atoms with E-state index in [0.717, 1.165) is 0 Å². The Morgan fingerprint density at radius 3 is 2.33 bits per heavy atom. The Morgan fingerprint density at radius 2 is 2.08 bits per heavy atom. The molecule has 0 aromatic rings. The van der Waals surface area contributed by atoms with Crippen LogP contribution in [0.1, 0.15) is 6.42 Å². The van der Waals surface area contributed by atoms with Crippen LogP contribution in [0.3, 0.4) is 0 Å². The molecule has 12 heavy (non-hydrogen) atoms. The Bertz CT molecular complexity index is 215. The van der Waals surface area contributed by atoms with E-state index in [1.54, 1.807) is 0 Å². The Kier molecular flexibility index (Phi) is 3.26. The van der Waals surface area contributed by atoms with E-state index in [2.05, 4.69) is 10.0 Å². The molecule has 0 aromatic heterocycles. The molecule has 1 atom stereocenters. The molecule has 1 aliphatic rings. The summed E-state index contributed by atoms with van der Waals surface area (Å²) in [6.45, 7) is -0.327. The highest BCUT2D eigenvalue weighted by molar-refractivity contribution is 5.85. The molecule has 0 bridgehead atoms. The number of nitrogens with two attached hydrogens (primary N) is 1. The number of azide groups is 1. The molecule has 2 N–H and O–H groups in total. The summed E-state index contributed by atoms with van der Waals surface area (Å²) in [5.41, 5.74) is 11.8. The molecule has 1 rings (SSSR count). The predicted molar refractivity (Wildman–Crippen MR) is 42.3 cm³/mol. The minimum Gasteiger partial charge on any atom is -0.330 e. The van der Waals surface area contributed by atoms with Crippen molar-refractivity contribution in [3.05, 3.63) is 10.4 Å². The minimum atomic E-state index is -2.73. The van der Waals surface area contributed by atoms with Crippen LogP contribution < -0.4 is 5.73 Å². The smallest absolute Gasteiger partial charge is 0.256 e. The largest absolute Gasteiger partial charge is 0.330 e. The van der Waals surface area contributed by atoms with E-state index in [1.807, 2.05) is 0 Å². The molecular weight excluding hydrogens is 190 g/mol. The monoisotopic (exact) mass is 198 g/mol. The van der Waals surface area contributed by atoms with Crippen molar-refractivity contribution in [2.24, 2.45) is 16.3 Å². The van der Waals surface area contributed by atoms with Gasteiger partial charge in [0.2, 0.25) is 0 Å². The molecule has 0 aromatic carbocycles. The number of nitrogens with zero attached hydrogens (tertiary/aromatic N) is 3. The molecule has 0 radical (unpaired) electrons. The average Bonchev–Trinajstić information content (AvgIpc) is 2.50. The van der Waals surface area contributed by atoms with E-state index in [-0.39, 0.29) is 31.9 Å². The molecule has 0 aliphatic heterocycles. The zero-order chi connectivity index (χ0) is 8.54. The average molecular weight is 199 g/mol. The molecule has 0 spiro atoms. The summed E-state index contributed by atoms with van der Waals surface area (Å²) in [6, 6.07) is 0. The highest BCUT2D eigenvalue weighted by Crippen LogP contribution is 2.59. The Balaban J connectivity index is 0.00000121. The standard InChI is InChI=1S/C5H8F2N4.ClH/c6-5(7)1-4(5,2-8)3-10-11-9;/h1-3,8H2;1H. The summed E-state index contributed by atoms with van der Waals surface area (Å²) in [5, 5.41) is 3.09. The molecular formula is C5H9ClF2N4. The fourth-order valence-electron chi connectivity index (χ4n) is 1.01. The van der Waals surface area contributed by atoms with E-state index < -0.39 is 11.3 Å². The van der Waals surface area contributed by atoms with Crippen molar-refractivity contribution >= 4 is 12.4 Å². The van der Waals surface area contributed by atoms with Gasteiger partial charge < -0.3 is 5.73 Å². The highest BCUT2D eigenvalue weighted by atomic mass is 35.5. The summed E-state index contributed by atoms with van der Waals surface area (Å²) in [4.78, 5) is 2.41. The van der Waals surface area contributed by atoms with Gasteiger partial charge in [0.1, 0.15) is 0 Å². The van der Waals surface area contributed by atoms with Gasteiger partial charge in [-0.15, -0.1) is 12.4 Å². The maximum Gasteiger partial charge on any atom is 0.256 e. The summed E-state index contributed by atoms with van der Waals surface area (Å²) < 4.78 is 25.0. The quantitative estimate of drug-likeness (QED) is 0.418. The third kappa shape index (κ3) is 1.60. The van der Waals surface area contributed by atoms with Crippen molar-refractivity contribution in [3.63, 3.8) is 0 Å². The van der Waals surface area contributed by atoms with E-state index in [4.69, 9.17) is 11.3 Å². The molecule has 7 heteroatoms. The second-order valence-electron chi connectivity index (χ2n) is 2.75. The molecule has 1 aliphatic carbocycles. The van der Waals surface area contributed by atoms with E-state index in [1.165, 1.54) is 0 Å². The molecule has 1 unspecified atom stereocenters. The summed E-state index contributed by atoms with van der Waals surface area (Å²) in [6.07, 6.45) is -0.254. The first kappa shape index (κ1) is 11.4. The minimum absolute atomic E-state index is 0. The van der Waals surface area contributed by atoms with Crippen LogP contribution in [0.15, 0.2) is 5.11 Å². The third-order valence-corrected chi connectivity index (χ3v) is 2.04.